The van der Waals surface area contributed by atoms with Gasteiger partial charge in [0.2, 0.25) is 0 Å². The van der Waals surface area contributed by atoms with E-state index in [-0.39, 0.29) is 0 Å². The fourth-order valence-corrected chi connectivity index (χ4v) is 2.93. The van der Waals surface area contributed by atoms with Gasteiger partial charge in [0.25, 0.3) is 0 Å². The van der Waals surface area contributed by atoms with E-state index in [1.807, 2.05) is 6.20 Å². The number of nitrogens with two attached hydrogens (primary N) is 1. The molecular weight excluding hydrogens is 248 g/mol. The molecule has 106 valence electrons. The summed E-state index contributed by atoms with van der Waals surface area (Å²) in [6.07, 6.45) is 1.93. The second kappa shape index (κ2) is 5.77. The fourth-order valence-electron chi connectivity index (χ4n) is 2.93. The number of hydrogen-bond acceptors (Lipinski definition) is 4. The van der Waals surface area contributed by atoms with Crippen LogP contribution < -0.4 is 10.6 Å². The third-order valence-corrected chi connectivity index (χ3v) is 4.20. The van der Waals surface area contributed by atoms with E-state index in [9.17, 15) is 0 Å². The summed E-state index contributed by atoms with van der Waals surface area (Å²) >= 11 is 0. The van der Waals surface area contributed by atoms with Gasteiger partial charge in [-0.15, -0.1) is 0 Å². The van der Waals surface area contributed by atoms with Gasteiger partial charge in [0.1, 0.15) is 5.82 Å². The highest BCUT2D eigenvalue weighted by molar-refractivity contribution is 5.94. The monoisotopic (exact) mass is 270 g/mol. The molecule has 0 aliphatic carbocycles. The Bertz CT molecular complexity index is 588. The summed E-state index contributed by atoms with van der Waals surface area (Å²) < 4.78 is 0. The third kappa shape index (κ3) is 2.37. The van der Waals surface area contributed by atoms with Crippen molar-refractivity contribution in [3.63, 3.8) is 0 Å². The number of anilines is 1. The number of pyridine rings is 1. The highest BCUT2D eigenvalue weighted by Crippen LogP contribution is 2.27. The van der Waals surface area contributed by atoms with Gasteiger partial charge in [-0.05, 0) is 17.5 Å². The Balaban J connectivity index is 1.96. The van der Waals surface area contributed by atoms with Crippen LogP contribution in [0.2, 0.25) is 0 Å². The van der Waals surface area contributed by atoms with Crippen molar-refractivity contribution >= 4 is 16.6 Å². The first-order valence-electron chi connectivity index (χ1n) is 7.37. The van der Waals surface area contributed by atoms with Crippen molar-refractivity contribution in [2.24, 2.45) is 5.73 Å². The van der Waals surface area contributed by atoms with Crippen LogP contribution in [-0.4, -0.2) is 42.6 Å². The molecule has 0 saturated carbocycles. The molecule has 1 aromatic carbocycles. The Kier molecular flexibility index (Phi) is 3.85. The lowest BCUT2D eigenvalue weighted by Crippen LogP contribution is -2.46. The molecule has 0 bridgehead atoms. The van der Waals surface area contributed by atoms with Gasteiger partial charge in [0.15, 0.2) is 0 Å². The summed E-state index contributed by atoms with van der Waals surface area (Å²) in [6, 6.07) is 8.45. The van der Waals surface area contributed by atoms with Crippen molar-refractivity contribution < 1.29 is 0 Å². The SMILES string of the molecule is CCN1CCN(c2ncc(CN)c3ccccc23)CC1. The predicted molar refractivity (Wildman–Crippen MR) is 84.0 cm³/mol. The van der Waals surface area contributed by atoms with Crippen LogP contribution in [0.3, 0.4) is 0 Å². The lowest BCUT2D eigenvalue weighted by molar-refractivity contribution is 0.271. The number of rotatable bonds is 3. The molecule has 2 N–H and O–H groups in total. The molecule has 1 aliphatic rings. The van der Waals surface area contributed by atoms with Crippen LogP contribution >= 0.6 is 0 Å². The molecule has 1 aliphatic heterocycles. The average Bonchev–Trinajstić information content (AvgIpc) is 2.54. The zero-order valence-electron chi connectivity index (χ0n) is 12.0. The molecule has 20 heavy (non-hydrogen) atoms. The lowest BCUT2D eigenvalue weighted by Gasteiger charge is -2.35. The van der Waals surface area contributed by atoms with Gasteiger partial charge in [0, 0.05) is 44.3 Å². The Morgan fingerprint density at radius 2 is 1.80 bits per heavy atom. The van der Waals surface area contributed by atoms with Crippen LogP contribution in [0, 0.1) is 0 Å². The van der Waals surface area contributed by atoms with E-state index in [4.69, 9.17) is 5.73 Å². The van der Waals surface area contributed by atoms with Gasteiger partial charge >= 0.3 is 0 Å². The van der Waals surface area contributed by atoms with Gasteiger partial charge in [0.05, 0.1) is 0 Å². The first kappa shape index (κ1) is 13.3. The number of fused-ring (bicyclic) bond motifs is 1. The van der Waals surface area contributed by atoms with Crippen LogP contribution in [0.1, 0.15) is 12.5 Å². The summed E-state index contributed by atoms with van der Waals surface area (Å²) in [5.41, 5.74) is 6.94. The quantitative estimate of drug-likeness (QED) is 0.924. The number of hydrogen-bond donors (Lipinski definition) is 1. The molecule has 2 aromatic rings. The minimum Gasteiger partial charge on any atom is -0.354 e. The van der Waals surface area contributed by atoms with Gasteiger partial charge in [-0.25, -0.2) is 4.98 Å². The van der Waals surface area contributed by atoms with E-state index < -0.39 is 0 Å². The summed E-state index contributed by atoms with van der Waals surface area (Å²) in [5, 5.41) is 2.46. The molecule has 2 heterocycles. The van der Waals surface area contributed by atoms with Crippen LogP contribution in [0.25, 0.3) is 10.8 Å². The molecule has 4 heteroatoms. The molecule has 0 radical (unpaired) electrons. The first-order chi connectivity index (χ1) is 9.83. The van der Waals surface area contributed by atoms with Gasteiger partial charge in [-0.1, -0.05) is 31.2 Å². The molecule has 3 rings (SSSR count). The zero-order valence-corrected chi connectivity index (χ0v) is 12.0. The number of aromatic nitrogens is 1. The Labute approximate surface area is 120 Å². The van der Waals surface area contributed by atoms with E-state index in [2.05, 4.69) is 46.0 Å². The maximum absolute atomic E-state index is 5.82. The van der Waals surface area contributed by atoms with E-state index in [0.717, 1.165) is 44.1 Å². The Morgan fingerprint density at radius 3 is 2.45 bits per heavy atom. The van der Waals surface area contributed by atoms with Crippen molar-refractivity contribution in [2.45, 2.75) is 13.5 Å². The standard InChI is InChI=1S/C16H22N4/c1-2-19-7-9-20(10-8-19)16-15-6-4-3-5-14(15)13(11-17)12-18-16/h3-6,12H,2,7-11,17H2,1H3. The number of benzene rings is 1. The van der Waals surface area contributed by atoms with Crippen molar-refractivity contribution in [1.82, 2.24) is 9.88 Å². The van der Waals surface area contributed by atoms with E-state index in [1.54, 1.807) is 0 Å². The highest BCUT2D eigenvalue weighted by atomic mass is 15.3. The molecule has 1 aromatic heterocycles. The van der Waals surface area contributed by atoms with Crippen molar-refractivity contribution in [2.75, 3.05) is 37.6 Å². The maximum atomic E-state index is 5.82. The van der Waals surface area contributed by atoms with Crippen molar-refractivity contribution in [1.29, 1.82) is 0 Å². The van der Waals surface area contributed by atoms with Crippen molar-refractivity contribution in [3.05, 3.63) is 36.0 Å². The molecule has 1 saturated heterocycles. The molecule has 0 atom stereocenters. The minimum atomic E-state index is 0.539. The second-order valence-electron chi connectivity index (χ2n) is 5.28. The average molecular weight is 270 g/mol. The van der Waals surface area contributed by atoms with E-state index >= 15 is 0 Å². The van der Waals surface area contributed by atoms with Gasteiger partial charge in [-0.2, -0.15) is 0 Å². The van der Waals surface area contributed by atoms with Gasteiger partial charge < -0.3 is 15.5 Å². The summed E-state index contributed by atoms with van der Waals surface area (Å²) in [5.74, 6) is 1.11. The Hall–Kier alpha value is -1.65. The van der Waals surface area contributed by atoms with Gasteiger partial charge in [-0.3, -0.25) is 0 Å². The normalized spacial score (nSPS) is 16.8. The zero-order chi connectivity index (χ0) is 13.9. The smallest absolute Gasteiger partial charge is 0.136 e. The fraction of sp³-hybridized carbons (Fsp3) is 0.438. The first-order valence-corrected chi connectivity index (χ1v) is 7.37. The number of piperazine rings is 1. The predicted octanol–water partition coefficient (Wildman–Crippen LogP) is 1.84. The molecule has 0 spiro atoms. The van der Waals surface area contributed by atoms with Crippen LogP contribution in [0.4, 0.5) is 5.82 Å². The lowest BCUT2D eigenvalue weighted by atomic mass is 10.1. The molecular formula is C16H22N4. The summed E-state index contributed by atoms with van der Waals surface area (Å²) in [4.78, 5) is 9.56. The minimum absolute atomic E-state index is 0.539. The summed E-state index contributed by atoms with van der Waals surface area (Å²) in [7, 11) is 0. The van der Waals surface area contributed by atoms with Crippen molar-refractivity contribution in [3.8, 4) is 0 Å². The second-order valence-corrected chi connectivity index (χ2v) is 5.28. The molecule has 0 unspecified atom stereocenters. The maximum Gasteiger partial charge on any atom is 0.136 e. The molecule has 1 fully saturated rings. The number of nitrogens with zero attached hydrogens (tertiary/aromatic N) is 3. The molecule has 0 amide bonds. The highest BCUT2D eigenvalue weighted by Gasteiger charge is 2.19. The largest absolute Gasteiger partial charge is 0.354 e. The Morgan fingerprint density at radius 1 is 1.10 bits per heavy atom. The van der Waals surface area contributed by atoms with E-state index in [1.165, 1.54) is 10.8 Å². The van der Waals surface area contributed by atoms with Crippen LogP contribution in [0.15, 0.2) is 30.5 Å². The van der Waals surface area contributed by atoms with Crippen LogP contribution in [-0.2, 0) is 6.54 Å². The topological polar surface area (TPSA) is 45.4 Å². The molecule has 4 nitrogen and oxygen atoms in total. The number of likely N-dealkylation sites (N-methyl/N-ethyl adjacent to an activating group) is 1. The van der Waals surface area contributed by atoms with E-state index in [0.29, 0.717) is 6.54 Å². The van der Waals surface area contributed by atoms with Crippen LogP contribution in [0.5, 0.6) is 0 Å². The summed E-state index contributed by atoms with van der Waals surface area (Å²) in [6.45, 7) is 8.22. The third-order valence-electron chi connectivity index (χ3n) is 4.20.